The molecule has 34 heavy (non-hydrogen) atoms. The van der Waals surface area contributed by atoms with Crippen LogP contribution in [0.4, 0.5) is 5.13 Å². The molecule has 0 bridgehead atoms. The maximum atomic E-state index is 13.6. The fraction of sp³-hybridized carbons (Fsp3) is 0.259. The Morgan fingerprint density at radius 2 is 1.59 bits per heavy atom. The smallest absolute Gasteiger partial charge is 0.260 e. The molecule has 178 valence electrons. The summed E-state index contributed by atoms with van der Waals surface area (Å²) in [4.78, 5) is 22.5. The van der Waals surface area contributed by atoms with Gasteiger partial charge in [0.1, 0.15) is 5.75 Å². The molecule has 0 unspecified atom stereocenters. The van der Waals surface area contributed by atoms with E-state index >= 15 is 0 Å². The van der Waals surface area contributed by atoms with Gasteiger partial charge >= 0.3 is 0 Å². The Hall–Kier alpha value is -2.93. The summed E-state index contributed by atoms with van der Waals surface area (Å²) in [7, 11) is 1.65. The minimum absolute atomic E-state index is 0. The Balaban J connectivity index is 0.00000324. The van der Waals surface area contributed by atoms with Crippen LogP contribution in [-0.4, -0.2) is 49.1 Å². The second kappa shape index (κ2) is 12.0. The van der Waals surface area contributed by atoms with Crippen LogP contribution in [0.25, 0.3) is 21.3 Å². The van der Waals surface area contributed by atoms with Crippen LogP contribution in [0.3, 0.4) is 0 Å². The Morgan fingerprint density at radius 1 is 0.912 bits per heavy atom. The van der Waals surface area contributed by atoms with Crippen LogP contribution in [0.15, 0.2) is 72.8 Å². The maximum Gasteiger partial charge on any atom is 0.260 e. The number of fused-ring (bicyclic) bond motifs is 1. The molecule has 1 heterocycles. The number of benzene rings is 3. The van der Waals surface area contributed by atoms with Crippen LogP contribution >= 0.6 is 23.7 Å². The summed E-state index contributed by atoms with van der Waals surface area (Å²) < 4.78 is 6.36. The van der Waals surface area contributed by atoms with Gasteiger partial charge in [0.15, 0.2) is 5.13 Å². The monoisotopic (exact) mass is 495 g/mol. The summed E-state index contributed by atoms with van der Waals surface area (Å²) in [6.45, 7) is 7.55. The maximum absolute atomic E-state index is 13.6. The molecule has 4 aromatic rings. The van der Waals surface area contributed by atoms with Crippen molar-refractivity contribution in [1.82, 2.24) is 9.88 Å². The van der Waals surface area contributed by atoms with Crippen molar-refractivity contribution in [2.24, 2.45) is 0 Å². The first-order valence-corrected chi connectivity index (χ1v) is 12.1. The predicted molar refractivity (Wildman–Crippen MR) is 145 cm³/mol. The molecule has 0 N–H and O–H groups in total. The van der Waals surface area contributed by atoms with Gasteiger partial charge in [-0.1, -0.05) is 67.6 Å². The van der Waals surface area contributed by atoms with Gasteiger partial charge in [-0.2, -0.15) is 0 Å². The van der Waals surface area contributed by atoms with Gasteiger partial charge in [0.2, 0.25) is 0 Å². The zero-order chi connectivity index (χ0) is 23.2. The number of likely N-dealkylation sites (N-methyl/N-ethyl adjacent to an activating group) is 1. The van der Waals surface area contributed by atoms with Gasteiger partial charge in [0.05, 0.1) is 17.3 Å². The van der Waals surface area contributed by atoms with E-state index < -0.39 is 0 Å². The first-order valence-electron chi connectivity index (χ1n) is 11.3. The Bertz CT molecular complexity index is 1210. The quantitative estimate of drug-likeness (QED) is 0.270. The van der Waals surface area contributed by atoms with E-state index in [2.05, 4.69) is 30.9 Å². The van der Waals surface area contributed by atoms with Crippen molar-refractivity contribution in [2.75, 3.05) is 38.2 Å². The molecule has 0 radical (unpaired) electrons. The molecule has 0 saturated carbocycles. The van der Waals surface area contributed by atoms with E-state index in [-0.39, 0.29) is 18.3 Å². The minimum Gasteiger partial charge on any atom is -0.497 e. The van der Waals surface area contributed by atoms with Crippen molar-refractivity contribution >= 4 is 45.0 Å². The van der Waals surface area contributed by atoms with Crippen LogP contribution in [0.5, 0.6) is 5.75 Å². The molecule has 7 heteroatoms. The minimum atomic E-state index is -0.0345. The number of thiazole rings is 1. The topological polar surface area (TPSA) is 45.7 Å². The van der Waals surface area contributed by atoms with Crippen LogP contribution in [0, 0.1) is 0 Å². The SMILES string of the molecule is CCN(CC)CCN(C(=O)c1ccc(-c2ccccc2)cc1)c1nc2ccc(OC)cc2s1.Cl. The van der Waals surface area contributed by atoms with E-state index in [0.29, 0.717) is 17.2 Å². The highest BCUT2D eigenvalue weighted by Crippen LogP contribution is 2.32. The third-order valence-electron chi connectivity index (χ3n) is 5.83. The first-order chi connectivity index (χ1) is 16.1. The van der Waals surface area contributed by atoms with Gasteiger partial charge in [-0.15, -0.1) is 12.4 Å². The highest BCUT2D eigenvalue weighted by atomic mass is 35.5. The number of amides is 1. The van der Waals surface area contributed by atoms with Crippen molar-refractivity contribution in [3.63, 3.8) is 0 Å². The largest absolute Gasteiger partial charge is 0.497 e. The molecule has 1 amide bonds. The van der Waals surface area contributed by atoms with Crippen molar-refractivity contribution in [1.29, 1.82) is 0 Å². The third kappa shape index (κ3) is 5.76. The molecule has 4 rings (SSSR count). The van der Waals surface area contributed by atoms with Gasteiger partial charge in [0, 0.05) is 18.7 Å². The molecule has 0 fully saturated rings. The third-order valence-corrected chi connectivity index (χ3v) is 6.87. The van der Waals surface area contributed by atoms with Crippen molar-refractivity contribution in [3.8, 4) is 16.9 Å². The van der Waals surface area contributed by atoms with E-state index in [0.717, 1.165) is 46.7 Å². The van der Waals surface area contributed by atoms with Gasteiger partial charge in [-0.3, -0.25) is 9.69 Å². The lowest BCUT2D eigenvalue weighted by atomic mass is 10.0. The predicted octanol–water partition coefficient (Wildman–Crippen LogP) is 6.38. The average Bonchev–Trinajstić information content (AvgIpc) is 3.30. The fourth-order valence-electron chi connectivity index (χ4n) is 3.79. The number of halogens is 1. The normalized spacial score (nSPS) is 10.8. The van der Waals surface area contributed by atoms with Crippen LogP contribution in [0.2, 0.25) is 0 Å². The molecule has 0 atom stereocenters. The first kappa shape index (κ1) is 25.7. The summed E-state index contributed by atoms with van der Waals surface area (Å²) in [6, 6.07) is 23.8. The molecule has 0 saturated heterocycles. The lowest BCUT2D eigenvalue weighted by Crippen LogP contribution is -2.38. The standard InChI is InChI=1S/C27H29N3O2S.ClH/c1-4-29(5-2)17-18-30(27-28-24-16-15-23(32-3)19-25(24)33-27)26(31)22-13-11-21(12-14-22)20-9-7-6-8-10-20;/h6-16,19H,4-5,17-18H2,1-3H3;1H. The summed E-state index contributed by atoms with van der Waals surface area (Å²) in [5.74, 6) is 0.753. The van der Waals surface area contributed by atoms with Crippen molar-refractivity contribution < 1.29 is 9.53 Å². The summed E-state index contributed by atoms with van der Waals surface area (Å²) >= 11 is 1.52. The van der Waals surface area contributed by atoms with Crippen LogP contribution in [0.1, 0.15) is 24.2 Å². The Morgan fingerprint density at radius 3 is 2.24 bits per heavy atom. The number of carbonyl (C=O) groups is 1. The van der Waals surface area contributed by atoms with Crippen LogP contribution < -0.4 is 9.64 Å². The molecule has 0 spiro atoms. The second-order valence-corrected chi connectivity index (χ2v) is 8.77. The molecule has 0 aliphatic heterocycles. The zero-order valence-corrected chi connectivity index (χ0v) is 21.4. The Labute approximate surface area is 211 Å². The zero-order valence-electron chi connectivity index (χ0n) is 19.7. The number of carbonyl (C=O) groups excluding carboxylic acids is 1. The number of ether oxygens (including phenoxy) is 1. The lowest BCUT2D eigenvalue weighted by molar-refractivity contribution is 0.0984. The number of methoxy groups -OCH3 is 1. The molecule has 0 aliphatic rings. The highest BCUT2D eigenvalue weighted by molar-refractivity contribution is 7.22. The Kier molecular flexibility index (Phi) is 9.05. The van der Waals surface area contributed by atoms with Gasteiger partial charge < -0.3 is 9.64 Å². The molecule has 0 aliphatic carbocycles. The second-order valence-electron chi connectivity index (χ2n) is 7.76. The van der Waals surface area contributed by atoms with E-state index in [4.69, 9.17) is 9.72 Å². The molecular formula is C27H30ClN3O2S. The number of anilines is 1. The average molecular weight is 496 g/mol. The molecule has 3 aromatic carbocycles. The molecular weight excluding hydrogens is 466 g/mol. The number of rotatable bonds is 9. The van der Waals surface area contributed by atoms with Crippen molar-refractivity contribution in [2.45, 2.75) is 13.8 Å². The summed E-state index contributed by atoms with van der Waals surface area (Å²) in [5.41, 5.74) is 3.76. The number of hydrogen-bond donors (Lipinski definition) is 0. The van der Waals surface area contributed by atoms with E-state index in [9.17, 15) is 4.79 Å². The van der Waals surface area contributed by atoms with Crippen LogP contribution in [-0.2, 0) is 0 Å². The van der Waals surface area contributed by atoms with Gasteiger partial charge in [-0.05, 0) is 54.5 Å². The van der Waals surface area contributed by atoms with E-state index in [1.165, 1.54) is 11.3 Å². The van der Waals surface area contributed by atoms with Gasteiger partial charge in [0.25, 0.3) is 5.91 Å². The molecule has 1 aromatic heterocycles. The number of hydrogen-bond acceptors (Lipinski definition) is 5. The van der Waals surface area contributed by atoms with E-state index in [1.54, 1.807) is 7.11 Å². The number of nitrogens with zero attached hydrogens (tertiary/aromatic N) is 3. The van der Waals surface area contributed by atoms with E-state index in [1.807, 2.05) is 65.6 Å². The van der Waals surface area contributed by atoms with Gasteiger partial charge in [-0.25, -0.2) is 4.98 Å². The number of aromatic nitrogens is 1. The highest BCUT2D eigenvalue weighted by Gasteiger charge is 2.22. The summed E-state index contributed by atoms with van der Waals surface area (Å²) in [6.07, 6.45) is 0. The van der Waals surface area contributed by atoms with Crippen molar-refractivity contribution in [3.05, 3.63) is 78.4 Å². The molecule has 5 nitrogen and oxygen atoms in total. The fourth-order valence-corrected chi connectivity index (χ4v) is 4.81. The lowest BCUT2D eigenvalue weighted by Gasteiger charge is -2.24. The summed E-state index contributed by atoms with van der Waals surface area (Å²) in [5, 5.41) is 0.711.